The lowest BCUT2D eigenvalue weighted by molar-refractivity contribution is 0.0462. The predicted octanol–water partition coefficient (Wildman–Crippen LogP) is 5.03. The van der Waals surface area contributed by atoms with Gasteiger partial charge in [0.05, 0.1) is 18.4 Å². The first-order valence-corrected chi connectivity index (χ1v) is 9.32. The highest BCUT2D eigenvalue weighted by Gasteiger charge is 2.13. The van der Waals surface area contributed by atoms with Crippen molar-refractivity contribution in [3.63, 3.8) is 0 Å². The number of thiazole rings is 1. The van der Waals surface area contributed by atoms with Crippen molar-refractivity contribution in [2.75, 3.05) is 7.11 Å². The lowest BCUT2D eigenvalue weighted by atomic mass is 10.2. The number of methoxy groups -OCH3 is 1. The Morgan fingerprint density at radius 1 is 1.29 bits per heavy atom. The van der Waals surface area contributed by atoms with Crippen LogP contribution in [0.4, 0.5) is 0 Å². The minimum atomic E-state index is -0.421. The van der Waals surface area contributed by atoms with E-state index in [1.807, 2.05) is 23.6 Å². The lowest BCUT2D eigenvalue weighted by Gasteiger charge is -2.06. The largest absolute Gasteiger partial charge is 0.496 e. The zero-order valence-corrected chi connectivity index (χ0v) is 16.5. The Morgan fingerprint density at radius 3 is 2.83 bits per heavy atom. The van der Waals surface area contributed by atoms with Crippen molar-refractivity contribution >= 4 is 49.2 Å². The van der Waals surface area contributed by atoms with Crippen molar-refractivity contribution in [1.82, 2.24) is 9.97 Å². The number of nitrogens with zero attached hydrogens (tertiary/aromatic N) is 1. The van der Waals surface area contributed by atoms with Crippen LogP contribution in [0.5, 0.6) is 5.75 Å². The van der Waals surface area contributed by atoms with Crippen LogP contribution in [0.3, 0.4) is 0 Å². The number of hydrogen-bond acceptors (Lipinski definition) is 5. The number of carbonyl (C=O) groups excluding carboxylic acids is 1. The second-order valence-electron chi connectivity index (χ2n) is 4.80. The first-order valence-electron chi connectivity index (χ1n) is 6.86. The molecule has 5 nitrogen and oxygen atoms in total. The summed E-state index contributed by atoms with van der Waals surface area (Å²) in [5, 5.41) is 2.68. The van der Waals surface area contributed by atoms with Crippen LogP contribution in [0.2, 0.25) is 0 Å². The molecule has 24 heavy (non-hydrogen) atoms. The van der Waals surface area contributed by atoms with E-state index in [1.54, 1.807) is 19.4 Å². The molecular formula is C16H12Br2N2O3S. The van der Waals surface area contributed by atoms with Gasteiger partial charge in [-0.25, -0.2) is 9.78 Å². The summed E-state index contributed by atoms with van der Waals surface area (Å²) in [5.74, 6) is 0.322. The summed E-state index contributed by atoms with van der Waals surface area (Å²) in [6.07, 6.45) is 1.68. The van der Waals surface area contributed by atoms with Crippen LogP contribution in [-0.2, 0) is 11.3 Å². The van der Waals surface area contributed by atoms with Gasteiger partial charge in [0.2, 0.25) is 0 Å². The number of H-pyrrole nitrogens is 1. The molecule has 0 bridgehead atoms. The fourth-order valence-electron chi connectivity index (χ4n) is 2.05. The van der Waals surface area contributed by atoms with Crippen LogP contribution in [0.15, 0.2) is 44.8 Å². The van der Waals surface area contributed by atoms with Gasteiger partial charge in [0.1, 0.15) is 23.1 Å². The zero-order valence-electron chi connectivity index (χ0n) is 12.5. The van der Waals surface area contributed by atoms with Crippen LogP contribution in [0.1, 0.15) is 16.2 Å². The molecule has 0 saturated carbocycles. The third kappa shape index (κ3) is 3.88. The maximum atomic E-state index is 11.9. The minimum absolute atomic E-state index is 0.113. The highest BCUT2D eigenvalue weighted by molar-refractivity contribution is 9.10. The first kappa shape index (κ1) is 17.2. The van der Waals surface area contributed by atoms with Crippen molar-refractivity contribution in [2.24, 2.45) is 0 Å². The van der Waals surface area contributed by atoms with E-state index in [-0.39, 0.29) is 6.61 Å². The SMILES string of the molecule is COc1ccc(Br)cc1-c1nc(COC(=O)c2cc(Br)c[nH]2)cs1. The number of esters is 1. The Labute approximate surface area is 159 Å². The van der Waals surface area contributed by atoms with Crippen LogP contribution in [0, 0.1) is 0 Å². The topological polar surface area (TPSA) is 64.2 Å². The molecule has 0 radical (unpaired) electrons. The van der Waals surface area contributed by atoms with Crippen molar-refractivity contribution in [3.8, 4) is 16.3 Å². The van der Waals surface area contributed by atoms with E-state index in [0.29, 0.717) is 11.4 Å². The van der Waals surface area contributed by atoms with Gasteiger partial charge >= 0.3 is 5.97 Å². The maximum absolute atomic E-state index is 11.9. The number of hydrogen-bond donors (Lipinski definition) is 1. The Balaban J connectivity index is 1.72. The molecule has 2 aromatic heterocycles. The number of ether oxygens (including phenoxy) is 2. The molecule has 124 valence electrons. The second kappa shape index (κ2) is 7.50. The summed E-state index contributed by atoms with van der Waals surface area (Å²) in [6.45, 7) is 0.113. The van der Waals surface area contributed by atoms with E-state index in [9.17, 15) is 4.79 Å². The van der Waals surface area contributed by atoms with Crippen molar-refractivity contribution < 1.29 is 14.3 Å². The standard InChI is InChI=1S/C16H12Br2N2O3S/c1-22-14-3-2-9(17)4-12(14)15-20-11(8-24-15)7-23-16(21)13-5-10(18)6-19-13/h2-6,8,19H,7H2,1H3. The van der Waals surface area contributed by atoms with Crippen molar-refractivity contribution in [2.45, 2.75) is 6.61 Å². The fourth-order valence-corrected chi connectivity index (χ4v) is 3.58. The summed E-state index contributed by atoms with van der Waals surface area (Å²) in [6, 6.07) is 7.40. The number of rotatable bonds is 5. The Kier molecular flexibility index (Phi) is 5.37. The third-order valence-corrected chi connectivity index (χ3v) is 5.04. The first-order chi connectivity index (χ1) is 11.6. The molecule has 8 heteroatoms. The molecule has 3 aromatic rings. The van der Waals surface area contributed by atoms with Crippen LogP contribution < -0.4 is 4.74 Å². The molecule has 0 saturated heterocycles. The molecule has 0 fully saturated rings. The summed E-state index contributed by atoms with van der Waals surface area (Å²) in [5.41, 5.74) is 1.98. The molecule has 1 aromatic carbocycles. The van der Waals surface area contributed by atoms with Crippen LogP contribution in [0.25, 0.3) is 10.6 Å². The lowest BCUT2D eigenvalue weighted by Crippen LogP contribution is -2.05. The normalized spacial score (nSPS) is 10.6. The number of halogens is 2. The Bertz CT molecular complexity index is 876. The Hall–Kier alpha value is -1.64. The van der Waals surface area contributed by atoms with Gasteiger partial charge in [-0.2, -0.15) is 0 Å². The summed E-state index contributed by atoms with van der Waals surface area (Å²) < 4.78 is 12.4. The van der Waals surface area contributed by atoms with Crippen LogP contribution in [-0.4, -0.2) is 23.0 Å². The van der Waals surface area contributed by atoms with Gasteiger partial charge in [-0.1, -0.05) is 15.9 Å². The quantitative estimate of drug-likeness (QED) is 0.530. The van der Waals surface area contributed by atoms with Gasteiger partial charge in [-0.3, -0.25) is 0 Å². The number of carbonyl (C=O) groups is 1. The van der Waals surface area contributed by atoms with Gasteiger partial charge in [0.25, 0.3) is 0 Å². The highest BCUT2D eigenvalue weighted by atomic mass is 79.9. The van der Waals surface area contributed by atoms with Gasteiger partial charge in [0, 0.05) is 20.5 Å². The zero-order chi connectivity index (χ0) is 17.1. The van der Waals surface area contributed by atoms with E-state index in [4.69, 9.17) is 9.47 Å². The second-order valence-corrected chi connectivity index (χ2v) is 7.49. The average molecular weight is 472 g/mol. The molecule has 0 spiro atoms. The monoisotopic (exact) mass is 470 g/mol. The molecule has 2 heterocycles. The number of aromatic amines is 1. The van der Waals surface area contributed by atoms with Gasteiger partial charge < -0.3 is 14.5 Å². The molecule has 0 atom stereocenters. The average Bonchev–Trinajstić information content (AvgIpc) is 3.21. The Morgan fingerprint density at radius 2 is 2.12 bits per heavy atom. The summed E-state index contributed by atoms with van der Waals surface area (Å²) in [4.78, 5) is 19.3. The van der Waals surface area contributed by atoms with E-state index in [2.05, 4.69) is 41.8 Å². The van der Waals surface area contributed by atoms with E-state index >= 15 is 0 Å². The molecule has 0 unspecified atom stereocenters. The predicted molar refractivity (Wildman–Crippen MR) is 99.4 cm³/mol. The fraction of sp³-hybridized carbons (Fsp3) is 0.125. The molecule has 0 amide bonds. The summed E-state index contributed by atoms with van der Waals surface area (Å²) >= 11 is 8.21. The van der Waals surface area contributed by atoms with Crippen molar-refractivity contribution in [3.05, 3.63) is 56.2 Å². The van der Waals surface area contributed by atoms with E-state index in [1.165, 1.54) is 11.3 Å². The van der Waals surface area contributed by atoms with Gasteiger partial charge in [-0.15, -0.1) is 11.3 Å². The molecule has 0 aliphatic rings. The highest BCUT2D eigenvalue weighted by Crippen LogP contribution is 2.34. The maximum Gasteiger partial charge on any atom is 0.355 e. The molecular weight excluding hydrogens is 460 g/mol. The number of nitrogens with one attached hydrogen (secondary N) is 1. The number of benzene rings is 1. The molecule has 0 aliphatic carbocycles. The van der Waals surface area contributed by atoms with Crippen LogP contribution >= 0.6 is 43.2 Å². The minimum Gasteiger partial charge on any atom is -0.496 e. The van der Waals surface area contributed by atoms with Gasteiger partial charge in [-0.05, 0) is 40.2 Å². The van der Waals surface area contributed by atoms with Crippen molar-refractivity contribution in [1.29, 1.82) is 0 Å². The summed E-state index contributed by atoms with van der Waals surface area (Å²) in [7, 11) is 1.62. The van der Waals surface area contributed by atoms with E-state index in [0.717, 1.165) is 25.3 Å². The third-order valence-electron chi connectivity index (χ3n) is 3.16. The number of aromatic nitrogens is 2. The molecule has 1 N–H and O–H groups in total. The van der Waals surface area contributed by atoms with E-state index < -0.39 is 5.97 Å². The molecule has 3 rings (SSSR count). The molecule has 0 aliphatic heterocycles. The smallest absolute Gasteiger partial charge is 0.355 e. The van der Waals surface area contributed by atoms with Gasteiger partial charge in [0.15, 0.2) is 0 Å².